The lowest BCUT2D eigenvalue weighted by molar-refractivity contribution is 0.267. The summed E-state index contributed by atoms with van der Waals surface area (Å²) in [6, 6.07) is 0.118. The van der Waals surface area contributed by atoms with E-state index in [1.54, 1.807) is 0 Å². The van der Waals surface area contributed by atoms with Gasteiger partial charge in [0.1, 0.15) is 9.39 Å². The van der Waals surface area contributed by atoms with Gasteiger partial charge in [0.15, 0.2) is 0 Å². The fraction of sp³-hybridized carbons (Fsp3) is 0.600. The van der Waals surface area contributed by atoms with Crippen LogP contribution >= 0.6 is 22.6 Å². The number of halogens is 1. The molecule has 0 aliphatic carbocycles. The van der Waals surface area contributed by atoms with Gasteiger partial charge in [0.2, 0.25) is 0 Å². The second kappa shape index (κ2) is 6.19. The molecule has 0 amide bonds. The Morgan fingerprint density at radius 2 is 2.31 bits per heavy atom. The molecule has 1 heterocycles. The molecular weight excluding hydrogens is 321 g/mol. The van der Waals surface area contributed by atoms with Gasteiger partial charge in [-0.1, -0.05) is 13.8 Å². The molecule has 0 fully saturated rings. The van der Waals surface area contributed by atoms with Gasteiger partial charge < -0.3 is 15.4 Å². The number of hydrogen-bond acceptors (Lipinski definition) is 4. The number of rotatable bonds is 5. The van der Waals surface area contributed by atoms with Gasteiger partial charge in [-0.05, 0) is 34.9 Å². The zero-order chi connectivity index (χ0) is 12.1. The predicted molar refractivity (Wildman–Crippen MR) is 71.5 cm³/mol. The van der Waals surface area contributed by atoms with Crippen LogP contribution in [-0.2, 0) is 0 Å². The van der Waals surface area contributed by atoms with Gasteiger partial charge in [-0.15, -0.1) is 0 Å². The second-order valence-corrected chi connectivity index (χ2v) is 4.98. The lowest BCUT2D eigenvalue weighted by atomic mass is 10.0. The van der Waals surface area contributed by atoms with E-state index in [1.807, 2.05) is 22.6 Å². The van der Waals surface area contributed by atoms with Gasteiger partial charge in [-0.2, -0.15) is 0 Å². The molecule has 1 atom stereocenters. The van der Waals surface area contributed by atoms with Gasteiger partial charge in [-0.25, -0.2) is 4.98 Å². The van der Waals surface area contributed by atoms with Crippen LogP contribution in [0.5, 0.6) is 0 Å². The highest BCUT2D eigenvalue weighted by molar-refractivity contribution is 14.1. The zero-order valence-corrected chi connectivity index (χ0v) is 11.5. The molecule has 16 heavy (non-hydrogen) atoms. The summed E-state index contributed by atoms with van der Waals surface area (Å²) in [5.74, 6) is 0.945. The molecule has 3 N–H and O–H groups in total. The molecule has 90 valence electrons. The third-order valence-corrected chi connectivity index (χ3v) is 3.36. The summed E-state index contributed by atoms with van der Waals surface area (Å²) in [5.41, 5.74) is -0.149. The molecule has 0 aromatic carbocycles. The fourth-order valence-electron chi connectivity index (χ4n) is 1.37. The van der Waals surface area contributed by atoms with Crippen molar-refractivity contribution in [1.29, 1.82) is 0 Å². The minimum atomic E-state index is -0.149. The second-order valence-electron chi connectivity index (χ2n) is 3.90. The molecule has 5 nitrogen and oxygen atoms in total. The third kappa shape index (κ3) is 3.44. The van der Waals surface area contributed by atoms with Crippen molar-refractivity contribution in [1.82, 2.24) is 9.97 Å². The van der Waals surface area contributed by atoms with Crippen molar-refractivity contribution in [2.75, 3.05) is 11.9 Å². The van der Waals surface area contributed by atoms with Crippen molar-refractivity contribution < 1.29 is 5.11 Å². The smallest absolute Gasteiger partial charge is 0.266 e. The van der Waals surface area contributed by atoms with E-state index in [4.69, 9.17) is 5.11 Å². The number of aromatic amines is 1. The van der Waals surface area contributed by atoms with E-state index in [0.717, 1.165) is 0 Å². The van der Waals surface area contributed by atoms with Crippen LogP contribution in [0.25, 0.3) is 0 Å². The van der Waals surface area contributed by atoms with Gasteiger partial charge >= 0.3 is 0 Å². The standard InChI is InChI=1S/C10H16IN3O2/c1-6(2)7(3-4-15)14-9-8(11)10(16)13-5-12-9/h5-7,15H,3-4H2,1-2H3,(H2,12,13,14,16). The molecule has 1 aromatic rings. The summed E-state index contributed by atoms with van der Waals surface area (Å²) < 4.78 is 0.545. The van der Waals surface area contributed by atoms with Crippen molar-refractivity contribution in [2.45, 2.75) is 26.3 Å². The number of nitrogens with one attached hydrogen (secondary N) is 2. The molecule has 0 spiro atoms. The average Bonchev–Trinajstić information content (AvgIpc) is 2.23. The minimum absolute atomic E-state index is 0.118. The summed E-state index contributed by atoms with van der Waals surface area (Å²) in [7, 11) is 0. The molecule has 0 aliphatic rings. The Labute approximate surface area is 108 Å². The first-order chi connectivity index (χ1) is 7.56. The normalized spacial score (nSPS) is 12.8. The molecule has 1 rings (SSSR count). The summed E-state index contributed by atoms with van der Waals surface area (Å²) >= 11 is 1.96. The lowest BCUT2D eigenvalue weighted by Crippen LogP contribution is -2.29. The molecule has 1 unspecified atom stereocenters. The Morgan fingerprint density at radius 1 is 1.62 bits per heavy atom. The minimum Gasteiger partial charge on any atom is -0.396 e. The first kappa shape index (κ1) is 13.4. The fourth-order valence-corrected chi connectivity index (χ4v) is 1.82. The maximum atomic E-state index is 11.4. The van der Waals surface area contributed by atoms with E-state index in [2.05, 4.69) is 29.1 Å². The highest BCUT2D eigenvalue weighted by Gasteiger charge is 2.15. The van der Waals surface area contributed by atoms with E-state index in [0.29, 0.717) is 21.7 Å². The maximum Gasteiger partial charge on any atom is 0.266 e. The summed E-state index contributed by atoms with van der Waals surface area (Å²) in [6.45, 7) is 4.25. The van der Waals surface area contributed by atoms with Crippen molar-refractivity contribution in [3.63, 3.8) is 0 Å². The zero-order valence-electron chi connectivity index (χ0n) is 9.33. The number of aromatic nitrogens is 2. The highest BCUT2D eigenvalue weighted by Crippen LogP contribution is 2.15. The Hall–Kier alpha value is -0.630. The number of anilines is 1. The van der Waals surface area contributed by atoms with Crippen LogP contribution in [-0.4, -0.2) is 27.7 Å². The van der Waals surface area contributed by atoms with Crippen LogP contribution in [0, 0.1) is 9.49 Å². The molecule has 0 aliphatic heterocycles. The van der Waals surface area contributed by atoms with E-state index >= 15 is 0 Å². The Morgan fingerprint density at radius 3 is 2.88 bits per heavy atom. The number of H-pyrrole nitrogens is 1. The molecule has 6 heteroatoms. The number of nitrogens with zero attached hydrogens (tertiary/aromatic N) is 1. The first-order valence-corrected chi connectivity index (χ1v) is 6.24. The molecule has 0 radical (unpaired) electrons. The Bertz CT molecular complexity index is 392. The van der Waals surface area contributed by atoms with Crippen molar-refractivity contribution in [3.05, 3.63) is 20.3 Å². The van der Waals surface area contributed by atoms with Crippen LogP contribution in [0.1, 0.15) is 20.3 Å². The number of aliphatic hydroxyl groups is 1. The van der Waals surface area contributed by atoms with E-state index in [9.17, 15) is 4.79 Å². The lowest BCUT2D eigenvalue weighted by Gasteiger charge is -2.22. The monoisotopic (exact) mass is 337 g/mol. The van der Waals surface area contributed by atoms with E-state index in [1.165, 1.54) is 6.33 Å². The van der Waals surface area contributed by atoms with Crippen LogP contribution in [0.4, 0.5) is 5.82 Å². The van der Waals surface area contributed by atoms with Crippen LogP contribution in [0.15, 0.2) is 11.1 Å². The third-order valence-electron chi connectivity index (χ3n) is 2.36. The van der Waals surface area contributed by atoms with E-state index in [-0.39, 0.29) is 18.2 Å². The topological polar surface area (TPSA) is 78.0 Å². The largest absolute Gasteiger partial charge is 0.396 e. The van der Waals surface area contributed by atoms with Crippen LogP contribution in [0.3, 0.4) is 0 Å². The average molecular weight is 337 g/mol. The maximum absolute atomic E-state index is 11.4. The summed E-state index contributed by atoms with van der Waals surface area (Å²) in [4.78, 5) is 18.0. The number of hydrogen-bond donors (Lipinski definition) is 3. The van der Waals surface area contributed by atoms with E-state index < -0.39 is 0 Å². The molecule has 0 saturated heterocycles. The molecule has 0 bridgehead atoms. The van der Waals surface area contributed by atoms with Crippen molar-refractivity contribution in [2.24, 2.45) is 5.92 Å². The van der Waals surface area contributed by atoms with Crippen LogP contribution < -0.4 is 10.9 Å². The predicted octanol–water partition coefficient (Wildman–Crippen LogP) is 1.19. The summed E-state index contributed by atoms with van der Waals surface area (Å²) in [6.07, 6.45) is 2.02. The Balaban J connectivity index is 2.85. The van der Waals surface area contributed by atoms with Gasteiger partial charge in [0, 0.05) is 12.6 Å². The molecular formula is C10H16IN3O2. The SMILES string of the molecule is CC(C)C(CCO)Nc1nc[nH]c(=O)c1I. The summed E-state index contributed by atoms with van der Waals surface area (Å²) in [5, 5.41) is 12.1. The van der Waals surface area contributed by atoms with Gasteiger partial charge in [-0.3, -0.25) is 4.79 Å². The van der Waals surface area contributed by atoms with Crippen molar-refractivity contribution >= 4 is 28.4 Å². The number of aliphatic hydroxyl groups excluding tert-OH is 1. The quantitative estimate of drug-likeness (QED) is 0.706. The van der Waals surface area contributed by atoms with Crippen LogP contribution in [0.2, 0.25) is 0 Å². The van der Waals surface area contributed by atoms with Gasteiger partial charge in [0.05, 0.1) is 6.33 Å². The molecule has 1 aromatic heterocycles. The van der Waals surface area contributed by atoms with Crippen molar-refractivity contribution in [3.8, 4) is 0 Å². The first-order valence-electron chi connectivity index (χ1n) is 5.16. The molecule has 0 saturated carbocycles. The Kier molecular flexibility index (Phi) is 5.20. The highest BCUT2D eigenvalue weighted by atomic mass is 127. The van der Waals surface area contributed by atoms with Gasteiger partial charge in [0.25, 0.3) is 5.56 Å².